The van der Waals surface area contributed by atoms with Crippen LogP contribution in [0.3, 0.4) is 0 Å². The summed E-state index contributed by atoms with van der Waals surface area (Å²) in [6.45, 7) is 1.96. The Morgan fingerprint density at radius 1 is 1.05 bits per heavy atom. The molecule has 0 radical (unpaired) electrons. The van der Waals surface area contributed by atoms with E-state index in [9.17, 15) is 5.11 Å². The van der Waals surface area contributed by atoms with Crippen LogP contribution in [0.15, 0.2) is 55.0 Å². The summed E-state index contributed by atoms with van der Waals surface area (Å²) in [5.41, 5.74) is 2.55. The van der Waals surface area contributed by atoms with Gasteiger partial charge in [-0.2, -0.15) is 0 Å². The predicted octanol–water partition coefficient (Wildman–Crippen LogP) is 3.02. The molecule has 3 nitrogen and oxygen atoms in total. The van der Waals surface area contributed by atoms with Crippen molar-refractivity contribution in [2.75, 3.05) is 0 Å². The van der Waals surface area contributed by atoms with Gasteiger partial charge in [-0.15, -0.1) is 0 Å². The maximum absolute atomic E-state index is 10.6. The van der Waals surface area contributed by atoms with Crippen molar-refractivity contribution in [3.05, 3.63) is 71.8 Å². The van der Waals surface area contributed by atoms with E-state index in [-0.39, 0.29) is 0 Å². The Morgan fingerprint density at radius 2 is 1.95 bits per heavy atom. The quantitative estimate of drug-likeness (QED) is 0.760. The van der Waals surface area contributed by atoms with Crippen molar-refractivity contribution >= 4 is 10.8 Å². The number of nitrogens with zero attached hydrogens (tertiary/aromatic N) is 2. The van der Waals surface area contributed by atoms with E-state index in [1.807, 2.05) is 43.3 Å². The minimum atomic E-state index is -0.715. The zero-order chi connectivity index (χ0) is 13.2. The molecule has 0 spiro atoms. The number of aryl methyl sites for hydroxylation is 1. The number of aliphatic hydroxyl groups excluding tert-OH is 1. The number of pyridine rings is 2. The molecule has 19 heavy (non-hydrogen) atoms. The van der Waals surface area contributed by atoms with Gasteiger partial charge in [0, 0.05) is 24.0 Å². The molecule has 0 aliphatic heterocycles. The van der Waals surface area contributed by atoms with Crippen molar-refractivity contribution in [2.45, 2.75) is 13.0 Å². The van der Waals surface area contributed by atoms with E-state index in [4.69, 9.17) is 0 Å². The molecule has 3 rings (SSSR count). The summed E-state index contributed by atoms with van der Waals surface area (Å²) in [4.78, 5) is 8.40. The largest absolute Gasteiger partial charge is 0.382 e. The van der Waals surface area contributed by atoms with Gasteiger partial charge in [-0.05, 0) is 35.6 Å². The average molecular weight is 250 g/mol. The third kappa shape index (κ3) is 2.09. The van der Waals surface area contributed by atoms with E-state index in [0.29, 0.717) is 5.69 Å². The van der Waals surface area contributed by atoms with Crippen molar-refractivity contribution in [1.82, 2.24) is 9.97 Å². The molecule has 1 aromatic carbocycles. The molecule has 1 N–H and O–H groups in total. The fourth-order valence-electron chi connectivity index (χ4n) is 2.32. The van der Waals surface area contributed by atoms with Crippen molar-refractivity contribution in [1.29, 1.82) is 0 Å². The van der Waals surface area contributed by atoms with E-state index >= 15 is 0 Å². The second-order valence-corrected chi connectivity index (χ2v) is 4.55. The maximum atomic E-state index is 10.6. The predicted molar refractivity (Wildman–Crippen MR) is 74.8 cm³/mol. The zero-order valence-electron chi connectivity index (χ0n) is 10.6. The SMILES string of the molecule is Cc1cccnc1C(O)c1cccc2cnccc12. The lowest BCUT2D eigenvalue weighted by Crippen LogP contribution is -2.05. The number of rotatable bonds is 2. The van der Waals surface area contributed by atoms with E-state index in [1.54, 1.807) is 18.6 Å². The zero-order valence-corrected chi connectivity index (χ0v) is 10.6. The van der Waals surface area contributed by atoms with Crippen LogP contribution in [0, 0.1) is 6.92 Å². The summed E-state index contributed by atoms with van der Waals surface area (Å²) in [6.07, 6.45) is 4.53. The molecule has 1 unspecified atom stereocenters. The molecule has 94 valence electrons. The van der Waals surface area contributed by atoms with Gasteiger partial charge in [0.2, 0.25) is 0 Å². The molecule has 1 atom stereocenters. The second-order valence-electron chi connectivity index (χ2n) is 4.55. The monoisotopic (exact) mass is 250 g/mol. The Balaban J connectivity index is 2.17. The molecule has 0 amide bonds. The molecular weight excluding hydrogens is 236 g/mol. The van der Waals surface area contributed by atoms with Crippen LogP contribution in [-0.2, 0) is 0 Å². The molecule has 0 saturated heterocycles. The van der Waals surface area contributed by atoms with E-state index in [2.05, 4.69) is 9.97 Å². The molecule has 3 aromatic rings. The van der Waals surface area contributed by atoms with E-state index < -0.39 is 6.10 Å². The minimum absolute atomic E-state index is 0.701. The summed E-state index contributed by atoms with van der Waals surface area (Å²) >= 11 is 0. The summed E-state index contributed by atoms with van der Waals surface area (Å²) in [6, 6.07) is 11.6. The van der Waals surface area contributed by atoms with Gasteiger partial charge in [0.1, 0.15) is 6.10 Å². The second kappa shape index (κ2) is 4.78. The van der Waals surface area contributed by atoms with Crippen molar-refractivity contribution < 1.29 is 5.11 Å². The van der Waals surface area contributed by atoms with Crippen molar-refractivity contribution in [2.24, 2.45) is 0 Å². The van der Waals surface area contributed by atoms with Gasteiger partial charge in [-0.25, -0.2) is 0 Å². The third-order valence-electron chi connectivity index (χ3n) is 3.32. The highest BCUT2D eigenvalue weighted by atomic mass is 16.3. The molecule has 2 heterocycles. The first-order valence-corrected chi connectivity index (χ1v) is 6.19. The highest BCUT2D eigenvalue weighted by Crippen LogP contribution is 2.28. The summed E-state index contributed by atoms with van der Waals surface area (Å²) < 4.78 is 0. The topological polar surface area (TPSA) is 46.0 Å². The van der Waals surface area contributed by atoms with Crippen LogP contribution in [-0.4, -0.2) is 15.1 Å². The summed E-state index contributed by atoms with van der Waals surface area (Å²) in [5, 5.41) is 12.6. The van der Waals surface area contributed by atoms with Gasteiger partial charge in [-0.1, -0.05) is 24.3 Å². The Kier molecular flexibility index (Phi) is 2.97. The van der Waals surface area contributed by atoms with Gasteiger partial charge in [-0.3, -0.25) is 9.97 Å². The van der Waals surface area contributed by atoms with Gasteiger partial charge in [0.15, 0.2) is 0 Å². The van der Waals surface area contributed by atoms with Crippen LogP contribution in [0.1, 0.15) is 22.9 Å². The van der Waals surface area contributed by atoms with Crippen LogP contribution in [0.4, 0.5) is 0 Å². The molecule has 0 aliphatic carbocycles. The first-order valence-electron chi connectivity index (χ1n) is 6.19. The van der Waals surface area contributed by atoms with Crippen LogP contribution in [0.5, 0.6) is 0 Å². The first kappa shape index (κ1) is 11.8. The molecular formula is C16H14N2O. The minimum Gasteiger partial charge on any atom is -0.382 e. The average Bonchev–Trinajstić information content (AvgIpc) is 2.46. The van der Waals surface area contributed by atoms with Gasteiger partial charge in [0.05, 0.1) is 5.69 Å². The van der Waals surface area contributed by atoms with Crippen LogP contribution in [0.25, 0.3) is 10.8 Å². The highest BCUT2D eigenvalue weighted by Gasteiger charge is 2.16. The number of hydrogen-bond acceptors (Lipinski definition) is 3. The van der Waals surface area contributed by atoms with Crippen molar-refractivity contribution in [3.8, 4) is 0 Å². The number of fused-ring (bicyclic) bond motifs is 1. The molecule has 0 saturated carbocycles. The standard InChI is InChI=1S/C16H14N2O/c1-11-4-3-8-18-15(11)16(19)14-6-2-5-12-10-17-9-7-13(12)14/h2-10,16,19H,1H3. The summed E-state index contributed by atoms with van der Waals surface area (Å²) in [7, 11) is 0. The van der Waals surface area contributed by atoms with E-state index in [1.165, 1.54) is 0 Å². The van der Waals surface area contributed by atoms with E-state index in [0.717, 1.165) is 21.9 Å². The summed E-state index contributed by atoms with van der Waals surface area (Å²) in [5.74, 6) is 0. The first-order chi connectivity index (χ1) is 9.27. The molecule has 0 fully saturated rings. The highest BCUT2D eigenvalue weighted by molar-refractivity contribution is 5.85. The Bertz CT molecular complexity index is 719. The van der Waals surface area contributed by atoms with Crippen LogP contribution in [0.2, 0.25) is 0 Å². The molecule has 0 bridgehead atoms. The number of benzene rings is 1. The third-order valence-corrected chi connectivity index (χ3v) is 3.32. The molecule has 0 aliphatic rings. The van der Waals surface area contributed by atoms with Gasteiger partial charge < -0.3 is 5.11 Å². The fourth-order valence-corrected chi connectivity index (χ4v) is 2.32. The molecule has 3 heteroatoms. The fraction of sp³-hybridized carbons (Fsp3) is 0.125. The normalized spacial score (nSPS) is 12.5. The Hall–Kier alpha value is -2.26. The maximum Gasteiger partial charge on any atom is 0.122 e. The van der Waals surface area contributed by atoms with Crippen molar-refractivity contribution in [3.63, 3.8) is 0 Å². The Morgan fingerprint density at radius 3 is 2.79 bits per heavy atom. The Labute approximate surface area is 111 Å². The number of aliphatic hydroxyl groups is 1. The molecule has 2 aromatic heterocycles. The lowest BCUT2D eigenvalue weighted by atomic mass is 9.98. The van der Waals surface area contributed by atoms with Crippen LogP contribution >= 0.6 is 0 Å². The lowest BCUT2D eigenvalue weighted by molar-refractivity contribution is 0.216. The van der Waals surface area contributed by atoms with Gasteiger partial charge >= 0.3 is 0 Å². The number of aromatic nitrogens is 2. The smallest absolute Gasteiger partial charge is 0.122 e. The lowest BCUT2D eigenvalue weighted by Gasteiger charge is -2.15. The van der Waals surface area contributed by atoms with Gasteiger partial charge in [0.25, 0.3) is 0 Å². The van der Waals surface area contributed by atoms with Crippen LogP contribution < -0.4 is 0 Å². The number of hydrogen-bond donors (Lipinski definition) is 1.